The lowest BCUT2D eigenvalue weighted by Crippen LogP contribution is -2.28. The van der Waals surface area contributed by atoms with E-state index in [1.807, 2.05) is 0 Å². The summed E-state index contributed by atoms with van der Waals surface area (Å²) in [4.78, 5) is 10.2. The van der Waals surface area contributed by atoms with Gasteiger partial charge in [0, 0.05) is 0 Å². The number of carbonyl (C=O) groups excluding carboxylic acids is 1. The molecular formula is C4H8FNO2. The van der Waals surface area contributed by atoms with Gasteiger partial charge >= 0.3 is 5.97 Å². The van der Waals surface area contributed by atoms with Gasteiger partial charge in [0.05, 0.1) is 7.11 Å². The van der Waals surface area contributed by atoms with Crippen LogP contribution in [0.2, 0.25) is 0 Å². The molecule has 0 radical (unpaired) electrons. The van der Waals surface area contributed by atoms with Crippen molar-refractivity contribution in [2.24, 2.45) is 0 Å². The van der Waals surface area contributed by atoms with Gasteiger partial charge in [-0.2, -0.15) is 0 Å². The highest BCUT2D eigenvalue weighted by molar-refractivity contribution is 5.74. The first-order chi connectivity index (χ1) is 3.72. The zero-order valence-corrected chi connectivity index (χ0v) is 4.77. The van der Waals surface area contributed by atoms with Gasteiger partial charge in [0.1, 0.15) is 6.04 Å². The predicted molar refractivity (Wildman–Crippen MR) is 25.7 cm³/mol. The fourth-order valence-electron chi connectivity index (χ4n) is 0.221. The van der Waals surface area contributed by atoms with Crippen LogP contribution < -0.4 is 5.54 Å². The van der Waals surface area contributed by atoms with E-state index in [1.54, 1.807) is 0 Å². The summed E-state index contributed by atoms with van der Waals surface area (Å²) in [7, 11) is 1.20. The Hall–Kier alpha value is -0.640. The fourth-order valence-corrected chi connectivity index (χ4v) is 0.221. The van der Waals surface area contributed by atoms with Gasteiger partial charge < -0.3 is 4.74 Å². The number of rotatable bonds is 2. The predicted octanol–water partition coefficient (Wildman–Crippen LogP) is 0.0220. The molecule has 0 spiro atoms. The fraction of sp³-hybridized carbons (Fsp3) is 0.750. The van der Waals surface area contributed by atoms with E-state index < -0.39 is 12.0 Å². The molecule has 1 unspecified atom stereocenters. The summed E-state index contributed by atoms with van der Waals surface area (Å²) >= 11 is 0. The molecule has 3 nitrogen and oxygen atoms in total. The maximum Gasteiger partial charge on any atom is 0.325 e. The normalized spacial score (nSPS) is 12.9. The van der Waals surface area contributed by atoms with E-state index in [4.69, 9.17) is 0 Å². The Morgan fingerprint density at radius 3 is 2.50 bits per heavy atom. The maximum absolute atomic E-state index is 11.3. The summed E-state index contributed by atoms with van der Waals surface area (Å²) in [5, 5.41) is 0. The molecule has 48 valence electrons. The highest BCUT2D eigenvalue weighted by Gasteiger charge is 2.10. The third kappa shape index (κ3) is 1.88. The monoisotopic (exact) mass is 121 g/mol. The summed E-state index contributed by atoms with van der Waals surface area (Å²) in [6.07, 6.45) is 0. The molecule has 0 aliphatic carbocycles. The summed E-state index contributed by atoms with van der Waals surface area (Å²) < 4.78 is 15.4. The van der Waals surface area contributed by atoms with Crippen molar-refractivity contribution >= 4 is 5.97 Å². The van der Waals surface area contributed by atoms with Gasteiger partial charge in [-0.1, -0.05) is 0 Å². The highest BCUT2D eigenvalue weighted by atomic mass is 19.2. The highest BCUT2D eigenvalue weighted by Crippen LogP contribution is 1.83. The Labute approximate surface area is 46.8 Å². The molecule has 0 rings (SSSR count). The number of ether oxygens (including phenoxy) is 1. The second-order valence-electron chi connectivity index (χ2n) is 1.35. The molecule has 0 aromatic heterocycles. The lowest BCUT2D eigenvalue weighted by atomic mass is 10.4. The smallest absolute Gasteiger partial charge is 0.325 e. The second-order valence-corrected chi connectivity index (χ2v) is 1.35. The van der Waals surface area contributed by atoms with E-state index in [-0.39, 0.29) is 0 Å². The lowest BCUT2D eigenvalue weighted by molar-refractivity contribution is -0.143. The third-order valence-electron chi connectivity index (χ3n) is 0.718. The molecule has 0 aliphatic heterocycles. The topological polar surface area (TPSA) is 38.3 Å². The van der Waals surface area contributed by atoms with Gasteiger partial charge in [-0.25, -0.2) is 0 Å². The van der Waals surface area contributed by atoms with Crippen molar-refractivity contribution in [1.29, 1.82) is 0 Å². The Morgan fingerprint density at radius 2 is 2.38 bits per heavy atom. The summed E-state index contributed by atoms with van der Waals surface area (Å²) in [6, 6.07) is -0.861. The molecular weight excluding hydrogens is 113 g/mol. The molecule has 0 heterocycles. The number of methoxy groups -OCH3 is 1. The molecule has 0 aliphatic rings. The number of esters is 1. The number of hydrogen-bond donors (Lipinski definition) is 1. The minimum absolute atomic E-state index is 0.604. The van der Waals surface area contributed by atoms with E-state index >= 15 is 0 Å². The molecule has 4 heteroatoms. The second kappa shape index (κ2) is 3.37. The van der Waals surface area contributed by atoms with Crippen molar-refractivity contribution in [2.45, 2.75) is 13.0 Å². The van der Waals surface area contributed by atoms with Crippen LogP contribution in [0.3, 0.4) is 0 Å². The SMILES string of the molecule is COC(=O)C(C)NF. The Balaban J connectivity index is 3.46. The van der Waals surface area contributed by atoms with E-state index in [1.165, 1.54) is 19.6 Å². The first-order valence-electron chi connectivity index (χ1n) is 2.16. The van der Waals surface area contributed by atoms with Gasteiger partial charge in [-0.05, 0) is 6.92 Å². The maximum atomic E-state index is 11.3. The first kappa shape index (κ1) is 7.36. The van der Waals surface area contributed by atoms with Crippen molar-refractivity contribution in [3.05, 3.63) is 0 Å². The molecule has 0 amide bonds. The zero-order valence-electron chi connectivity index (χ0n) is 4.77. The Kier molecular flexibility index (Phi) is 3.10. The summed E-state index contributed by atoms with van der Waals surface area (Å²) in [6.45, 7) is 1.37. The van der Waals surface area contributed by atoms with Crippen LogP contribution in [-0.2, 0) is 9.53 Å². The molecule has 0 aromatic carbocycles. The molecule has 0 saturated carbocycles. The van der Waals surface area contributed by atoms with Crippen LogP contribution in [0, 0.1) is 0 Å². The molecule has 0 fully saturated rings. The molecule has 0 saturated heterocycles. The standard InChI is InChI=1S/C4H8FNO2/c1-3(6-5)4(7)8-2/h3,6H,1-2H3. The van der Waals surface area contributed by atoms with Gasteiger partial charge in [-0.15, -0.1) is 10.0 Å². The van der Waals surface area contributed by atoms with Crippen LogP contribution in [0.15, 0.2) is 0 Å². The van der Waals surface area contributed by atoms with Crippen LogP contribution >= 0.6 is 0 Å². The van der Waals surface area contributed by atoms with E-state index in [0.29, 0.717) is 0 Å². The number of hydrogen-bond acceptors (Lipinski definition) is 3. The quantitative estimate of drug-likeness (QED) is 0.413. The van der Waals surface area contributed by atoms with Crippen LogP contribution in [0.1, 0.15) is 6.92 Å². The molecule has 8 heavy (non-hydrogen) atoms. The Bertz CT molecular complexity index is 86.1. The van der Waals surface area contributed by atoms with Crippen molar-refractivity contribution in [1.82, 2.24) is 5.54 Å². The molecule has 0 bridgehead atoms. The average molecular weight is 121 g/mol. The van der Waals surface area contributed by atoms with Crippen LogP contribution in [0.5, 0.6) is 0 Å². The van der Waals surface area contributed by atoms with E-state index in [2.05, 4.69) is 4.74 Å². The third-order valence-corrected chi connectivity index (χ3v) is 0.718. The first-order valence-corrected chi connectivity index (χ1v) is 2.16. The molecule has 0 aromatic rings. The van der Waals surface area contributed by atoms with Crippen LogP contribution in [0.25, 0.3) is 0 Å². The van der Waals surface area contributed by atoms with Crippen molar-refractivity contribution in [3.63, 3.8) is 0 Å². The molecule has 1 atom stereocenters. The Morgan fingerprint density at radius 1 is 1.88 bits per heavy atom. The minimum atomic E-state index is -0.861. The minimum Gasteiger partial charge on any atom is -0.468 e. The van der Waals surface area contributed by atoms with Crippen molar-refractivity contribution < 1.29 is 14.0 Å². The van der Waals surface area contributed by atoms with Gasteiger partial charge in [0.25, 0.3) is 0 Å². The molecule has 1 N–H and O–H groups in total. The number of carbonyl (C=O) groups is 1. The number of nitrogens with one attached hydrogen (secondary N) is 1. The van der Waals surface area contributed by atoms with Gasteiger partial charge in [-0.3, -0.25) is 4.79 Å². The van der Waals surface area contributed by atoms with Gasteiger partial charge in [0.15, 0.2) is 0 Å². The zero-order chi connectivity index (χ0) is 6.57. The average Bonchev–Trinajstić information content (AvgIpc) is 1.84. The number of halogens is 1. The largest absolute Gasteiger partial charge is 0.468 e. The van der Waals surface area contributed by atoms with E-state index in [0.717, 1.165) is 0 Å². The van der Waals surface area contributed by atoms with Crippen molar-refractivity contribution in [2.75, 3.05) is 7.11 Å². The van der Waals surface area contributed by atoms with Crippen LogP contribution in [0.4, 0.5) is 4.48 Å². The summed E-state index contributed by atoms with van der Waals surface area (Å²) in [5.74, 6) is -0.604. The lowest BCUT2D eigenvalue weighted by Gasteiger charge is -2.01. The van der Waals surface area contributed by atoms with E-state index in [9.17, 15) is 9.28 Å². The van der Waals surface area contributed by atoms with Crippen molar-refractivity contribution in [3.8, 4) is 0 Å². The van der Waals surface area contributed by atoms with Crippen LogP contribution in [-0.4, -0.2) is 19.1 Å². The van der Waals surface area contributed by atoms with Gasteiger partial charge in [0.2, 0.25) is 0 Å². The summed E-state index contributed by atoms with van der Waals surface area (Å²) in [5.41, 5.74) is 1.24.